The van der Waals surface area contributed by atoms with Gasteiger partial charge in [0.25, 0.3) is 0 Å². The predicted molar refractivity (Wildman–Crippen MR) is 63.4 cm³/mol. The fourth-order valence-electron chi connectivity index (χ4n) is 1.84. The van der Waals surface area contributed by atoms with Gasteiger partial charge in [-0.1, -0.05) is 20.8 Å². The molecule has 2 aromatic heterocycles. The Labute approximate surface area is 91.0 Å². The summed E-state index contributed by atoms with van der Waals surface area (Å²) in [6, 6.07) is 2.17. The Morgan fingerprint density at radius 3 is 2.67 bits per heavy atom. The standard InChI is InChI=1S/C13H18N2/c1-5-11-7-15-8-12(9(2)3)14-13(15)6-10(11)4/h6-9H,5H2,1-4H3. The number of aromatic nitrogens is 2. The summed E-state index contributed by atoms with van der Waals surface area (Å²) in [6.07, 6.45) is 5.42. The van der Waals surface area contributed by atoms with Gasteiger partial charge in [0.2, 0.25) is 0 Å². The number of imidazole rings is 1. The van der Waals surface area contributed by atoms with Crippen LogP contribution in [-0.2, 0) is 6.42 Å². The lowest BCUT2D eigenvalue weighted by atomic mass is 10.1. The van der Waals surface area contributed by atoms with Crippen LogP contribution in [0, 0.1) is 6.92 Å². The van der Waals surface area contributed by atoms with E-state index in [0.717, 1.165) is 12.1 Å². The maximum Gasteiger partial charge on any atom is 0.137 e. The molecule has 0 saturated carbocycles. The molecule has 0 amide bonds. The zero-order chi connectivity index (χ0) is 11.0. The van der Waals surface area contributed by atoms with Gasteiger partial charge in [0.15, 0.2) is 0 Å². The van der Waals surface area contributed by atoms with Crippen molar-refractivity contribution >= 4 is 5.65 Å². The Hall–Kier alpha value is -1.31. The van der Waals surface area contributed by atoms with Crippen molar-refractivity contribution < 1.29 is 0 Å². The molecule has 0 unspecified atom stereocenters. The fourth-order valence-corrected chi connectivity index (χ4v) is 1.84. The number of fused-ring (bicyclic) bond motifs is 1. The van der Waals surface area contributed by atoms with Crippen LogP contribution in [0.4, 0.5) is 0 Å². The lowest BCUT2D eigenvalue weighted by Crippen LogP contribution is -1.91. The van der Waals surface area contributed by atoms with E-state index in [-0.39, 0.29) is 0 Å². The largest absolute Gasteiger partial charge is 0.307 e. The molecule has 0 atom stereocenters. The summed E-state index contributed by atoms with van der Waals surface area (Å²) in [5, 5.41) is 0. The van der Waals surface area contributed by atoms with E-state index >= 15 is 0 Å². The number of hydrogen-bond donors (Lipinski definition) is 0. The minimum absolute atomic E-state index is 0.496. The first kappa shape index (κ1) is 10.2. The van der Waals surface area contributed by atoms with E-state index < -0.39 is 0 Å². The predicted octanol–water partition coefficient (Wildman–Crippen LogP) is 3.33. The maximum absolute atomic E-state index is 4.61. The molecule has 2 aromatic rings. The Morgan fingerprint density at radius 1 is 1.33 bits per heavy atom. The zero-order valence-corrected chi connectivity index (χ0v) is 9.91. The number of pyridine rings is 1. The molecule has 2 nitrogen and oxygen atoms in total. The Morgan fingerprint density at radius 2 is 2.07 bits per heavy atom. The van der Waals surface area contributed by atoms with Crippen LogP contribution in [0.15, 0.2) is 18.5 Å². The maximum atomic E-state index is 4.61. The fraction of sp³-hybridized carbons (Fsp3) is 0.462. The molecule has 2 heteroatoms. The smallest absolute Gasteiger partial charge is 0.137 e. The molecule has 0 aliphatic heterocycles. The lowest BCUT2D eigenvalue weighted by molar-refractivity contribution is 0.834. The highest BCUT2D eigenvalue weighted by Gasteiger charge is 2.06. The molecule has 0 radical (unpaired) electrons. The quantitative estimate of drug-likeness (QED) is 0.730. The highest BCUT2D eigenvalue weighted by molar-refractivity contribution is 5.45. The second-order valence-corrected chi connectivity index (χ2v) is 4.42. The number of aryl methyl sites for hydroxylation is 2. The molecular weight excluding hydrogens is 184 g/mol. The molecule has 0 aliphatic carbocycles. The number of rotatable bonds is 2. The van der Waals surface area contributed by atoms with Crippen molar-refractivity contribution in [2.24, 2.45) is 0 Å². The normalized spacial score (nSPS) is 11.5. The summed E-state index contributed by atoms with van der Waals surface area (Å²) in [5.41, 5.74) is 4.97. The molecule has 2 heterocycles. The number of nitrogens with zero attached hydrogens (tertiary/aromatic N) is 2. The highest BCUT2D eigenvalue weighted by Crippen LogP contribution is 2.17. The molecule has 0 saturated heterocycles. The van der Waals surface area contributed by atoms with Crippen LogP contribution >= 0.6 is 0 Å². The van der Waals surface area contributed by atoms with Crippen molar-refractivity contribution in [1.29, 1.82) is 0 Å². The van der Waals surface area contributed by atoms with Gasteiger partial charge in [-0.25, -0.2) is 4.98 Å². The van der Waals surface area contributed by atoms with Gasteiger partial charge in [0.1, 0.15) is 5.65 Å². The van der Waals surface area contributed by atoms with E-state index in [1.54, 1.807) is 0 Å². The van der Waals surface area contributed by atoms with E-state index in [1.165, 1.54) is 16.8 Å². The summed E-state index contributed by atoms with van der Waals surface area (Å²) < 4.78 is 2.14. The van der Waals surface area contributed by atoms with Gasteiger partial charge in [0, 0.05) is 12.4 Å². The van der Waals surface area contributed by atoms with E-state index in [2.05, 4.69) is 55.5 Å². The van der Waals surface area contributed by atoms with Crippen molar-refractivity contribution in [3.63, 3.8) is 0 Å². The van der Waals surface area contributed by atoms with E-state index in [4.69, 9.17) is 0 Å². The second kappa shape index (κ2) is 3.69. The monoisotopic (exact) mass is 202 g/mol. The first-order chi connectivity index (χ1) is 7.11. The van der Waals surface area contributed by atoms with Crippen LogP contribution in [0.3, 0.4) is 0 Å². The van der Waals surface area contributed by atoms with Crippen LogP contribution in [0.25, 0.3) is 5.65 Å². The molecule has 80 valence electrons. The Balaban J connectivity index is 2.61. The van der Waals surface area contributed by atoms with Crippen molar-refractivity contribution in [3.05, 3.63) is 35.3 Å². The lowest BCUT2D eigenvalue weighted by Gasteiger charge is -2.03. The third-order valence-electron chi connectivity index (χ3n) is 2.90. The molecule has 15 heavy (non-hydrogen) atoms. The van der Waals surface area contributed by atoms with Crippen LogP contribution in [0.1, 0.15) is 43.5 Å². The van der Waals surface area contributed by atoms with Gasteiger partial charge < -0.3 is 4.40 Å². The first-order valence-corrected chi connectivity index (χ1v) is 5.60. The van der Waals surface area contributed by atoms with E-state index in [0.29, 0.717) is 5.92 Å². The molecule has 0 aliphatic rings. The molecule has 0 fully saturated rings. The summed E-state index contributed by atoms with van der Waals surface area (Å²) in [7, 11) is 0. The third-order valence-corrected chi connectivity index (χ3v) is 2.90. The molecule has 0 N–H and O–H groups in total. The molecule has 2 rings (SSSR count). The molecule has 0 bridgehead atoms. The van der Waals surface area contributed by atoms with E-state index in [1.807, 2.05) is 0 Å². The van der Waals surface area contributed by atoms with Crippen molar-refractivity contribution in [2.75, 3.05) is 0 Å². The summed E-state index contributed by atoms with van der Waals surface area (Å²) in [5.74, 6) is 0.496. The number of hydrogen-bond acceptors (Lipinski definition) is 1. The third kappa shape index (κ3) is 1.76. The van der Waals surface area contributed by atoms with Crippen LogP contribution < -0.4 is 0 Å². The van der Waals surface area contributed by atoms with Gasteiger partial charge in [-0.2, -0.15) is 0 Å². The second-order valence-electron chi connectivity index (χ2n) is 4.42. The van der Waals surface area contributed by atoms with E-state index in [9.17, 15) is 0 Å². The average molecular weight is 202 g/mol. The minimum Gasteiger partial charge on any atom is -0.307 e. The van der Waals surface area contributed by atoms with Crippen LogP contribution in [0.5, 0.6) is 0 Å². The van der Waals surface area contributed by atoms with Gasteiger partial charge in [0.05, 0.1) is 5.69 Å². The van der Waals surface area contributed by atoms with Crippen molar-refractivity contribution in [1.82, 2.24) is 9.38 Å². The minimum atomic E-state index is 0.496. The van der Waals surface area contributed by atoms with Gasteiger partial charge in [-0.05, 0) is 36.5 Å². The van der Waals surface area contributed by atoms with Gasteiger partial charge >= 0.3 is 0 Å². The summed E-state index contributed by atoms with van der Waals surface area (Å²) in [4.78, 5) is 4.61. The highest BCUT2D eigenvalue weighted by atomic mass is 15.0. The Kier molecular flexibility index (Phi) is 2.51. The molecule has 0 spiro atoms. The summed E-state index contributed by atoms with van der Waals surface area (Å²) >= 11 is 0. The van der Waals surface area contributed by atoms with Gasteiger partial charge in [-0.15, -0.1) is 0 Å². The molecule has 0 aromatic carbocycles. The van der Waals surface area contributed by atoms with Crippen molar-refractivity contribution in [3.8, 4) is 0 Å². The zero-order valence-electron chi connectivity index (χ0n) is 9.91. The van der Waals surface area contributed by atoms with Gasteiger partial charge in [-0.3, -0.25) is 0 Å². The Bertz CT molecular complexity index is 480. The SMILES string of the molecule is CCc1cn2cc(C(C)C)nc2cc1C. The van der Waals surface area contributed by atoms with Crippen LogP contribution in [-0.4, -0.2) is 9.38 Å². The first-order valence-electron chi connectivity index (χ1n) is 5.60. The van der Waals surface area contributed by atoms with Crippen LogP contribution in [0.2, 0.25) is 0 Å². The topological polar surface area (TPSA) is 17.3 Å². The molecular formula is C13H18N2. The average Bonchev–Trinajstić information content (AvgIpc) is 2.59. The van der Waals surface area contributed by atoms with Crippen molar-refractivity contribution in [2.45, 2.75) is 40.0 Å². The summed E-state index contributed by atoms with van der Waals surface area (Å²) in [6.45, 7) is 8.70.